The Kier molecular flexibility index (Phi) is 3.26. The number of nitrogens with zero attached hydrogens (tertiary/aromatic N) is 1. The van der Waals surface area contributed by atoms with Crippen LogP contribution < -0.4 is 10.2 Å². The van der Waals surface area contributed by atoms with Gasteiger partial charge in [0.1, 0.15) is 0 Å². The van der Waals surface area contributed by atoms with Crippen molar-refractivity contribution in [2.24, 2.45) is 0 Å². The lowest BCUT2D eigenvalue weighted by Crippen LogP contribution is -2.23. The fraction of sp³-hybridized carbons (Fsp3) is 0.294. The Morgan fingerprint density at radius 1 is 0.947 bits per heavy atom. The number of nitrogens with one attached hydrogen (secondary N) is 1. The quantitative estimate of drug-likeness (QED) is 0.881. The van der Waals surface area contributed by atoms with Crippen LogP contribution >= 0.6 is 0 Å². The SMILES string of the molecule is Cc1ccc(N(C)c2ccc3c(c2)CCNC3)cc1. The lowest BCUT2D eigenvalue weighted by Gasteiger charge is -2.23. The first-order valence-corrected chi connectivity index (χ1v) is 6.87. The van der Waals surface area contributed by atoms with E-state index in [9.17, 15) is 0 Å². The number of anilines is 2. The molecule has 98 valence electrons. The number of rotatable bonds is 2. The van der Waals surface area contributed by atoms with Crippen molar-refractivity contribution in [1.82, 2.24) is 5.32 Å². The van der Waals surface area contributed by atoms with Crippen molar-refractivity contribution in [3.05, 3.63) is 59.2 Å². The van der Waals surface area contributed by atoms with Gasteiger partial charge in [-0.3, -0.25) is 0 Å². The topological polar surface area (TPSA) is 15.3 Å². The Bertz CT molecular complexity index is 572. The van der Waals surface area contributed by atoms with Gasteiger partial charge in [0.25, 0.3) is 0 Å². The molecule has 0 fully saturated rings. The van der Waals surface area contributed by atoms with E-state index >= 15 is 0 Å². The largest absolute Gasteiger partial charge is 0.345 e. The minimum absolute atomic E-state index is 1.00. The molecule has 0 radical (unpaired) electrons. The molecule has 0 amide bonds. The molecule has 3 rings (SSSR count). The van der Waals surface area contributed by atoms with Gasteiger partial charge in [0.05, 0.1) is 0 Å². The van der Waals surface area contributed by atoms with Gasteiger partial charge in [0.2, 0.25) is 0 Å². The van der Waals surface area contributed by atoms with Gasteiger partial charge in [-0.25, -0.2) is 0 Å². The van der Waals surface area contributed by atoms with Crippen molar-refractivity contribution in [1.29, 1.82) is 0 Å². The predicted octanol–water partition coefficient (Wildman–Crippen LogP) is 3.41. The molecule has 0 saturated carbocycles. The maximum absolute atomic E-state index is 3.41. The Morgan fingerprint density at radius 2 is 1.68 bits per heavy atom. The second kappa shape index (κ2) is 5.06. The molecule has 2 aromatic carbocycles. The number of benzene rings is 2. The molecule has 0 bridgehead atoms. The average Bonchev–Trinajstić information content (AvgIpc) is 2.47. The maximum atomic E-state index is 3.41. The molecule has 0 aromatic heterocycles. The highest BCUT2D eigenvalue weighted by atomic mass is 15.1. The molecule has 0 unspecified atom stereocenters. The van der Waals surface area contributed by atoms with E-state index in [1.807, 2.05) is 0 Å². The summed E-state index contributed by atoms with van der Waals surface area (Å²) in [4.78, 5) is 2.25. The molecule has 0 spiro atoms. The highest BCUT2D eigenvalue weighted by molar-refractivity contribution is 5.64. The summed E-state index contributed by atoms with van der Waals surface area (Å²) in [5, 5.41) is 3.41. The van der Waals surface area contributed by atoms with Gasteiger partial charge >= 0.3 is 0 Å². The lowest BCUT2D eigenvalue weighted by atomic mass is 10.00. The third-order valence-corrected chi connectivity index (χ3v) is 3.88. The predicted molar refractivity (Wildman–Crippen MR) is 81.1 cm³/mol. The molecule has 19 heavy (non-hydrogen) atoms. The zero-order valence-corrected chi connectivity index (χ0v) is 11.6. The number of hydrogen-bond donors (Lipinski definition) is 1. The number of aryl methyl sites for hydroxylation is 1. The van der Waals surface area contributed by atoms with Gasteiger partial charge in [-0.1, -0.05) is 23.8 Å². The molecular formula is C17H20N2. The fourth-order valence-corrected chi connectivity index (χ4v) is 2.59. The summed E-state index contributed by atoms with van der Waals surface area (Å²) in [6, 6.07) is 15.5. The second-order valence-electron chi connectivity index (χ2n) is 5.27. The van der Waals surface area contributed by atoms with Crippen molar-refractivity contribution in [3.8, 4) is 0 Å². The zero-order valence-electron chi connectivity index (χ0n) is 11.6. The van der Waals surface area contributed by atoms with Crippen LogP contribution in [0.1, 0.15) is 16.7 Å². The Balaban J connectivity index is 1.91. The number of hydrogen-bond acceptors (Lipinski definition) is 2. The fourth-order valence-electron chi connectivity index (χ4n) is 2.59. The summed E-state index contributed by atoms with van der Waals surface area (Å²) < 4.78 is 0. The molecule has 0 saturated heterocycles. The van der Waals surface area contributed by atoms with Gasteiger partial charge in [-0.2, -0.15) is 0 Å². The Hall–Kier alpha value is -1.80. The number of fused-ring (bicyclic) bond motifs is 1. The average molecular weight is 252 g/mol. The van der Waals surface area contributed by atoms with Crippen LogP contribution in [0.4, 0.5) is 11.4 Å². The van der Waals surface area contributed by atoms with Crippen molar-refractivity contribution in [2.75, 3.05) is 18.5 Å². The molecule has 0 aliphatic carbocycles. The standard InChI is InChI=1S/C17H20N2/c1-13-3-6-16(7-4-13)19(2)17-8-5-15-12-18-10-9-14(15)11-17/h3-8,11,18H,9-10,12H2,1-2H3. The van der Waals surface area contributed by atoms with Crippen molar-refractivity contribution >= 4 is 11.4 Å². The maximum Gasteiger partial charge on any atom is 0.0411 e. The van der Waals surface area contributed by atoms with Crippen LogP contribution in [0.2, 0.25) is 0 Å². The van der Waals surface area contributed by atoms with Crippen molar-refractivity contribution in [3.63, 3.8) is 0 Å². The molecule has 1 aliphatic rings. The summed E-state index contributed by atoms with van der Waals surface area (Å²) in [5.74, 6) is 0. The van der Waals surface area contributed by atoms with E-state index in [4.69, 9.17) is 0 Å². The molecule has 1 aliphatic heterocycles. The summed E-state index contributed by atoms with van der Waals surface area (Å²) in [6.07, 6.45) is 1.13. The van der Waals surface area contributed by atoms with E-state index in [-0.39, 0.29) is 0 Å². The van der Waals surface area contributed by atoms with Gasteiger partial charge in [-0.05, 0) is 55.3 Å². The first-order chi connectivity index (χ1) is 9.24. The van der Waals surface area contributed by atoms with Crippen LogP contribution in [-0.2, 0) is 13.0 Å². The Labute approximate surface area is 115 Å². The first-order valence-electron chi connectivity index (χ1n) is 6.87. The third-order valence-electron chi connectivity index (χ3n) is 3.88. The van der Waals surface area contributed by atoms with E-state index in [1.54, 1.807) is 0 Å². The molecule has 2 aromatic rings. The molecular weight excluding hydrogens is 232 g/mol. The van der Waals surface area contributed by atoms with Crippen LogP contribution in [0.25, 0.3) is 0 Å². The van der Waals surface area contributed by atoms with E-state index in [1.165, 1.54) is 28.1 Å². The Morgan fingerprint density at radius 3 is 2.47 bits per heavy atom. The third kappa shape index (κ3) is 2.49. The van der Waals surface area contributed by atoms with Crippen LogP contribution in [0.5, 0.6) is 0 Å². The normalized spacial score (nSPS) is 14.0. The summed E-state index contributed by atoms with van der Waals surface area (Å²) in [5.41, 5.74) is 6.72. The monoisotopic (exact) mass is 252 g/mol. The van der Waals surface area contributed by atoms with Crippen LogP contribution in [-0.4, -0.2) is 13.6 Å². The van der Waals surface area contributed by atoms with E-state index in [0.29, 0.717) is 0 Å². The first kappa shape index (κ1) is 12.2. The van der Waals surface area contributed by atoms with Crippen LogP contribution in [0, 0.1) is 6.92 Å². The molecule has 1 heterocycles. The van der Waals surface area contributed by atoms with Crippen molar-refractivity contribution < 1.29 is 0 Å². The van der Waals surface area contributed by atoms with Crippen molar-refractivity contribution in [2.45, 2.75) is 19.9 Å². The summed E-state index contributed by atoms with van der Waals surface area (Å²) in [7, 11) is 2.13. The zero-order chi connectivity index (χ0) is 13.2. The van der Waals surface area contributed by atoms with Crippen LogP contribution in [0.3, 0.4) is 0 Å². The highest BCUT2D eigenvalue weighted by Gasteiger charge is 2.11. The minimum Gasteiger partial charge on any atom is -0.345 e. The van der Waals surface area contributed by atoms with Gasteiger partial charge in [0, 0.05) is 25.0 Å². The molecule has 2 heteroatoms. The summed E-state index contributed by atoms with van der Waals surface area (Å²) >= 11 is 0. The smallest absolute Gasteiger partial charge is 0.0411 e. The van der Waals surface area contributed by atoms with E-state index in [2.05, 4.69) is 66.7 Å². The minimum atomic E-state index is 1.00. The molecule has 0 atom stereocenters. The van der Waals surface area contributed by atoms with Gasteiger partial charge in [0.15, 0.2) is 0 Å². The molecule has 1 N–H and O–H groups in total. The van der Waals surface area contributed by atoms with Crippen LogP contribution in [0.15, 0.2) is 42.5 Å². The van der Waals surface area contributed by atoms with Gasteiger partial charge in [-0.15, -0.1) is 0 Å². The summed E-state index contributed by atoms with van der Waals surface area (Å²) in [6.45, 7) is 4.21. The van der Waals surface area contributed by atoms with Gasteiger partial charge < -0.3 is 10.2 Å². The highest BCUT2D eigenvalue weighted by Crippen LogP contribution is 2.27. The second-order valence-corrected chi connectivity index (χ2v) is 5.27. The van der Waals surface area contributed by atoms with E-state index in [0.717, 1.165) is 19.5 Å². The van der Waals surface area contributed by atoms with E-state index < -0.39 is 0 Å². The molecule has 2 nitrogen and oxygen atoms in total. The lowest BCUT2D eigenvalue weighted by molar-refractivity contribution is 0.644.